The molecule has 2 nitrogen and oxygen atoms in total. The number of aryl methyl sites for hydroxylation is 3. The molecule has 3 aromatic rings. The van der Waals surface area contributed by atoms with Crippen molar-refractivity contribution >= 4 is 11.4 Å². The Bertz CT molecular complexity index is 1550. The molecule has 4 rings (SSSR count). The van der Waals surface area contributed by atoms with Gasteiger partial charge in [0.25, 0.3) is 0 Å². The third-order valence-corrected chi connectivity index (χ3v) is 10.5. The average molecular weight is 665 g/mol. The van der Waals surface area contributed by atoms with Gasteiger partial charge in [-0.2, -0.15) is 0 Å². The summed E-state index contributed by atoms with van der Waals surface area (Å²) in [6, 6.07) is 9.68. The van der Waals surface area contributed by atoms with Crippen LogP contribution in [-0.4, -0.2) is 13.1 Å². The van der Waals surface area contributed by atoms with Crippen LogP contribution in [0.3, 0.4) is 0 Å². The summed E-state index contributed by atoms with van der Waals surface area (Å²) in [5.41, 5.74) is 5.95. The Labute approximate surface area is 287 Å². The molecule has 0 spiro atoms. The summed E-state index contributed by atoms with van der Waals surface area (Å²) in [4.78, 5) is 1.83. The molecular weight excluding hydrogens is 608 g/mol. The molecule has 1 N–H and O–H groups in total. The van der Waals surface area contributed by atoms with Gasteiger partial charge < -0.3 is 10.2 Å². The molecule has 48 heavy (non-hydrogen) atoms. The van der Waals surface area contributed by atoms with Crippen LogP contribution in [0.25, 0.3) is 0 Å². The molecule has 1 saturated heterocycles. The second-order valence-corrected chi connectivity index (χ2v) is 15.0. The van der Waals surface area contributed by atoms with Crippen LogP contribution in [0.15, 0.2) is 48.7 Å². The molecule has 4 unspecified atom stereocenters. The summed E-state index contributed by atoms with van der Waals surface area (Å²) in [7, 11) is 0. The van der Waals surface area contributed by atoms with Crippen LogP contribution in [0.4, 0.5) is 28.9 Å². The number of benzene rings is 3. The van der Waals surface area contributed by atoms with Crippen LogP contribution in [0.1, 0.15) is 118 Å². The van der Waals surface area contributed by atoms with E-state index in [2.05, 4.69) is 39.6 Å². The van der Waals surface area contributed by atoms with Gasteiger partial charge in [0.05, 0.1) is 0 Å². The fourth-order valence-corrected chi connectivity index (χ4v) is 7.46. The molecular formula is C42H56F4N2. The molecule has 0 aliphatic carbocycles. The monoisotopic (exact) mass is 664 g/mol. The lowest BCUT2D eigenvalue weighted by atomic mass is 9.83. The van der Waals surface area contributed by atoms with E-state index >= 15 is 17.6 Å². The first-order valence-electron chi connectivity index (χ1n) is 17.9. The maximum absolute atomic E-state index is 16.1. The van der Waals surface area contributed by atoms with E-state index in [0.29, 0.717) is 60.1 Å². The third kappa shape index (κ3) is 9.24. The Balaban J connectivity index is 1.64. The summed E-state index contributed by atoms with van der Waals surface area (Å²) in [6.45, 7) is 21.7. The van der Waals surface area contributed by atoms with Crippen LogP contribution in [0.2, 0.25) is 0 Å². The largest absolute Gasteiger partial charge is 0.366 e. The summed E-state index contributed by atoms with van der Waals surface area (Å²) >= 11 is 0. The molecule has 6 heteroatoms. The number of rotatable bonds is 14. The molecule has 0 saturated carbocycles. The highest BCUT2D eigenvalue weighted by atomic mass is 19.1. The predicted octanol–water partition coefficient (Wildman–Crippen LogP) is 12.3. The van der Waals surface area contributed by atoms with Crippen LogP contribution in [-0.2, 0) is 6.42 Å². The van der Waals surface area contributed by atoms with Gasteiger partial charge in [-0.15, -0.1) is 0 Å². The van der Waals surface area contributed by atoms with Crippen molar-refractivity contribution in [1.29, 1.82) is 0 Å². The fraction of sp³-hybridized carbons (Fsp3) is 0.524. The molecule has 1 fully saturated rings. The van der Waals surface area contributed by atoms with Gasteiger partial charge in [-0.05, 0) is 140 Å². The van der Waals surface area contributed by atoms with E-state index in [1.54, 1.807) is 6.07 Å². The van der Waals surface area contributed by atoms with Gasteiger partial charge in [0.1, 0.15) is 29.0 Å². The number of unbranched alkanes of at least 4 members (excludes halogenated alkanes) is 1. The molecule has 0 aromatic heterocycles. The van der Waals surface area contributed by atoms with E-state index in [9.17, 15) is 0 Å². The molecule has 1 heterocycles. The van der Waals surface area contributed by atoms with Crippen molar-refractivity contribution in [2.24, 2.45) is 17.8 Å². The quantitative estimate of drug-likeness (QED) is 0.173. The minimum atomic E-state index is -0.581. The molecule has 1 aliphatic heterocycles. The van der Waals surface area contributed by atoms with Gasteiger partial charge in [0.2, 0.25) is 0 Å². The molecule has 0 amide bonds. The Kier molecular flexibility index (Phi) is 12.8. The highest BCUT2D eigenvalue weighted by molar-refractivity contribution is 5.57. The zero-order valence-corrected chi connectivity index (χ0v) is 30.4. The molecule has 5 atom stereocenters. The van der Waals surface area contributed by atoms with Crippen molar-refractivity contribution in [3.63, 3.8) is 0 Å². The zero-order chi connectivity index (χ0) is 35.3. The van der Waals surface area contributed by atoms with Gasteiger partial charge in [-0.3, -0.25) is 0 Å². The first kappa shape index (κ1) is 37.5. The second-order valence-electron chi connectivity index (χ2n) is 15.0. The standard InChI is InChI=1S/C42H56F4N2/c1-10-11-12-27(4)32(9)47-41-22-38(44)36(17-31(41)8)34(14-13-28(5)35-16-29(6)30(7)18-37(35)43)19-33-20-39(45)42(40(46)21-33)48-23-25(2)15-26(3)24-48/h16-18,20-22,25-28,34,47H,9-15,19,23-24H2,1-8H3/t25?,26?,27-,28?,34?/m0/s1. The highest BCUT2D eigenvalue weighted by Gasteiger charge is 2.28. The highest BCUT2D eigenvalue weighted by Crippen LogP contribution is 2.38. The molecule has 1 aliphatic rings. The Hall–Kier alpha value is -3.28. The Morgan fingerprint density at radius 2 is 1.38 bits per heavy atom. The maximum atomic E-state index is 16.1. The Morgan fingerprint density at radius 1 is 0.792 bits per heavy atom. The third-order valence-electron chi connectivity index (χ3n) is 10.5. The van der Waals surface area contributed by atoms with Crippen molar-refractivity contribution in [2.75, 3.05) is 23.3 Å². The number of hydrogen-bond donors (Lipinski definition) is 1. The van der Waals surface area contributed by atoms with Crippen LogP contribution in [0.5, 0.6) is 0 Å². The van der Waals surface area contributed by atoms with Gasteiger partial charge in [0.15, 0.2) is 0 Å². The molecule has 0 radical (unpaired) electrons. The summed E-state index contributed by atoms with van der Waals surface area (Å²) in [6.07, 6.45) is 5.60. The minimum absolute atomic E-state index is 0.0263. The van der Waals surface area contributed by atoms with Crippen molar-refractivity contribution in [2.45, 2.75) is 112 Å². The van der Waals surface area contributed by atoms with Crippen LogP contribution < -0.4 is 10.2 Å². The molecule has 0 bridgehead atoms. The number of nitrogens with one attached hydrogen (secondary N) is 1. The summed E-state index contributed by atoms with van der Waals surface area (Å²) in [5, 5.41) is 3.34. The van der Waals surface area contributed by atoms with E-state index in [0.717, 1.165) is 48.1 Å². The van der Waals surface area contributed by atoms with Gasteiger partial charge in [0, 0.05) is 24.5 Å². The SMILES string of the molecule is C=C(Nc1cc(F)c(C(CCC(C)c2cc(C)c(C)cc2F)Cc2cc(F)c(N3CC(C)CC(C)C3)c(F)c2)cc1C)[C@@H](C)CCCC. The number of halogens is 4. The van der Waals surface area contributed by atoms with E-state index < -0.39 is 11.6 Å². The van der Waals surface area contributed by atoms with Crippen molar-refractivity contribution in [1.82, 2.24) is 0 Å². The first-order chi connectivity index (χ1) is 22.7. The van der Waals surface area contributed by atoms with E-state index in [1.165, 1.54) is 18.2 Å². The Morgan fingerprint density at radius 3 is 2.00 bits per heavy atom. The van der Waals surface area contributed by atoms with E-state index in [1.807, 2.05) is 44.7 Å². The number of anilines is 2. The smallest absolute Gasteiger partial charge is 0.149 e. The number of piperidine rings is 1. The second kappa shape index (κ2) is 16.4. The molecule has 262 valence electrons. The van der Waals surface area contributed by atoms with Crippen molar-refractivity contribution in [3.8, 4) is 0 Å². The van der Waals surface area contributed by atoms with Gasteiger partial charge >= 0.3 is 0 Å². The van der Waals surface area contributed by atoms with Crippen molar-refractivity contribution < 1.29 is 17.6 Å². The summed E-state index contributed by atoms with van der Waals surface area (Å²) in [5.74, 6) is -1.33. The molecule has 3 aromatic carbocycles. The average Bonchev–Trinajstić information content (AvgIpc) is 3.00. The van der Waals surface area contributed by atoms with Crippen LogP contribution in [0, 0.1) is 61.8 Å². The first-order valence-corrected chi connectivity index (χ1v) is 17.9. The lowest BCUT2D eigenvalue weighted by molar-refractivity contribution is 0.351. The number of nitrogens with zero attached hydrogens (tertiary/aromatic N) is 1. The fourth-order valence-electron chi connectivity index (χ4n) is 7.46. The number of allylic oxidation sites excluding steroid dienone is 1. The van der Waals surface area contributed by atoms with Crippen LogP contribution >= 0.6 is 0 Å². The van der Waals surface area contributed by atoms with Crippen molar-refractivity contribution in [3.05, 3.63) is 105 Å². The zero-order valence-electron chi connectivity index (χ0n) is 30.4. The maximum Gasteiger partial charge on any atom is 0.149 e. The minimum Gasteiger partial charge on any atom is -0.366 e. The predicted molar refractivity (Wildman–Crippen MR) is 194 cm³/mol. The summed E-state index contributed by atoms with van der Waals surface area (Å²) < 4.78 is 62.5. The number of hydrogen-bond acceptors (Lipinski definition) is 2. The van der Waals surface area contributed by atoms with Gasteiger partial charge in [-0.25, -0.2) is 17.6 Å². The van der Waals surface area contributed by atoms with E-state index in [4.69, 9.17) is 0 Å². The lowest BCUT2D eigenvalue weighted by Gasteiger charge is -2.37. The van der Waals surface area contributed by atoms with Gasteiger partial charge in [-0.1, -0.05) is 66.2 Å². The normalized spacial score (nSPS) is 18.5. The van der Waals surface area contributed by atoms with E-state index in [-0.39, 0.29) is 41.5 Å². The lowest BCUT2D eigenvalue weighted by Crippen LogP contribution is -2.39. The topological polar surface area (TPSA) is 15.3 Å².